The van der Waals surface area contributed by atoms with E-state index in [1.54, 1.807) is 7.11 Å². The smallest absolute Gasteiger partial charge is 0.118 e. The normalized spacial score (nSPS) is 12.7. The molecule has 0 bridgehead atoms. The number of nitrogens with one attached hydrogen (secondary N) is 1. The molecule has 0 aromatic heterocycles. The second-order valence-electron chi connectivity index (χ2n) is 4.57. The molecule has 1 unspecified atom stereocenters. The number of likely N-dealkylation sites (N-methyl/N-ethyl adjacent to an activating group) is 2. The average Bonchev–Trinajstić information content (AvgIpc) is 2.45. The van der Waals surface area contributed by atoms with Gasteiger partial charge in [0.05, 0.1) is 13.7 Å². The van der Waals surface area contributed by atoms with Gasteiger partial charge >= 0.3 is 0 Å². The molecule has 0 amide bonds. The van der Waals surface area contributed by atoms with Crippen LogP contribution in [0.3, 0.4) is 0 Å². The van der Waals surface area contributed by atoms with Gasteiger partial charge in [-0.1, -0.05) is 12.1 Å². The molecule has 4 nitrogen and oxygen atoms in total. The van der Waals surface area contributed by atoms with Gasteiger partial charge in [-0.25, -0.2) is 0 Å². The van der Waals surface area contributed by atoms with Crippen molar-refractivity contribution in [3.63, 3.8) is 0 Å². The Hall–Kier alpha value is -1.10. The molecule has 1 atom stereocenters. The second kappa shape index (κ2) is 8.91. The van der Waals surface area contributed by atoms with Crippen molar-refractivity contribution < 1.29 is 9.47 Å². The quantitative estimate of drug-likeness (QED) is 0.692. The molecule has 0 saturated heterocycles. The Kier molecular flexibility index (Phi) is 7.48. The molecule has 1 N–H and O–H groups in total. The fraction of sp³-hybridized carbons (Fsp3) is 0.600. The highest BCUT2D eigenvalue weighted by molar-refractivity contribution is 5.29. The maximum absolute atomic E-state index is 5.38. The third-order valence-electron chi connectivity index (χ3n) is 3.18. The lowest BCUT2D eigenvalue weighted by molar-refractivity contribution is 0.119. The Morgan fingerprint density at radius 3 is 2.47 bits per heavy atom. The number of nitrogens with zero attached hydrogens (tertiary/aromatic N) is 1. The number of ether oxygens (including phenoxy) is 2. The minimum atomic E-state index is 0.317. The minimum Gasteiger partial charge on any atom is -0.497 e. The first kappa shape index (κ1) is 16.0. The Bertz CT molecular complexity index is 341. The molecule has 1 rings (SSSR count). The van der Waals surface area contributed by atoms with Crippen molar-refractivity contribution in [2.24, 2.45) is 0 Å². The van der Waals surface area contributed by atoms with Gasteiger partial charge in [0, 0.05) is 25.7 Å². The van der Waals surface area contributed by atoms with Crippen LogP contribution < -0.4 is 10.1 Å². The Morgan fingerprint density at radius 2 is 1.95 bits per heavy atom. The van der Waals surface area contributed by atoms with Crippen LogP contribution in [0.4, 0.5) is 0 Å². The molecule has 0 radical (unpaired) electrons. The van der Waals surface area contributed by atoms with Crippen LogP contribution in [0.25, 0.3) is 0 Å². The summed E-state index contributed by atoms with van der Waals surface area (Å²) in [7, 11) is 5.80. The van der Waals surface area contributed by atoms with E-state index in [9.17, 15) is 0 Å². The lowest BCUT2D eigenvalue weighted by Crippen LogP contribution is -2.33. The van der Waals surface area contributed by atoms with E-state index in [0.717, 1.165) is 32.1 Å². The van der Waals surface area contributed by atoms with Gasteiger partial charge < -0.3 is 19.7 Å². The highest BCUT2D eigenvalue weighted by Crippen LogP contribution is 2.18. The summed E-state index contributed by atoms with van der Waals surface area (Å²) in [6.45, 7) is 5.49. The molecule has 1 aromatic carbocycles. The van der Waals surface area contributed by atoms with Gasteiger partial charge in [-0.2, -0.15) is 0 Å². The third-order valence-corrected chi connectivity index (χ3v) is 3.18. The summed E-state index contributed by atoms with van der Waals surface area (Å²) in [6.07, 6.45) is 0. The lowest BCUT2D eigenvalue weighted by Gasteiger charge is -2.24. The lowest BCUT2D eigenvalue weighted by atomic mass is 10.1. The van der Waals surface area contributed by atoms with Crippen LogP contribution in [0.5, 0.6) is 5.75 Å². The molecule has 0 aliphatic rings. The fourth-order valence-electron chi connectivity index (χ4n) is 1.97. The predicted molar refractivity (Wildman–Crippen MR) is 78.8 cm³/mol. The van der Waals surface area contributed by atoms with Gasteiger partial charge in [-0.15, -0.1) is 0 Å². The Morgan fingerprint density at radius 1 is 1.26 bits per heavy atom. The molecule has 0 aliphatic heterocycles. The minimum absolute atomic E-state index is 0.317. The molecule has 0 aliphatic carbocycles. The summed E-state index contributed by atoms with van der Waals surface area (Å²) in [6, 6.07) is 8.53. The molecule has 4 heteroatoms. The molecule has 19 heavy (non-hydrogen) atoms. The number of benzene rings is 1. The van der Waals surface area contributed by atoms with Crippen molar-refractivity contribution in [2.45, 2.75) is 13.0 Å². The van der Waals surface area contributed by atoms with Crippen LogP contribution in [0, 0.1) is 0 Å². The molecular weight excluding hydrogens is 240 g/mol. The summed E-state index contributed by atoms with van der Waals surface area (Å²) in [5.74, 6) is 0.892. The summed E-state index contributed by atoms with van der Waals surface area (Å²) < 4.78 is 10.6. The molecule has 0 fully saturated rings. The first-order valence-corrected chi connectivity index (χ1v) is 6.78. The number of hydrogen-bond acceptors (Lipinski definition) is 4. The van der Waals surface area contributed by atoms with Gasteiger partial charge in [0.15, 0.2) is 0 Å². The largest absolute Gasteiger partial charge is 0.497 e. The van der Waals surface area contributed by atoms with E-state index < -0.39 is 0 Å². The molecule has 1 aromatic rings. The van der Waals surface area contributed by atoms with Gasteiger partial charge in [-0.05, 0) is 38.7 Å². The van der Waals surface area contributed by atoms with Gasteiger partial charge in [0.2, 0.25) is 0 Å². The van der Waals surface area contributed by atoms with Crippen molar-refractivity contribution in [3.8, 4) is 5.75 Å². The van der Waals surface area contributed by atoms with Gasteiger partial charge in [0.25, 0.3) is 0 Å². The Balaban J connectivity index is 2.51. The van der Waals surface area contributed by atoms with E-state index in [0.29, 0.717) is 6.04 Å². The van der Waals surface area contributed by atoms with Crippen LogP contribution in [-0.2, 0) is 4.74 Å². The van der Waals surface area contributed by atoms with Crippen molar-refractivity contribution in [2.75, 3.05) is 47.5 Å². The highest BCUT2D eigenvalue weighted by Gasteiger charge is 2.11. The van der Waals surface area contributed by atoms with Crippen molar-refractivity contribution in [1.82, 2.24) is 10.2 Å². The van der Waals surface area contributed by atoms with Crippen LogP contribution in [0.2, 0.25) is 0 Å². The Labute approximate surface area is 116 Å². The molecule has 0 heterocycles. The zero-order valence-electron chi connectivity index (χ0n) is 12.5. The molecule has 0 spiro atoms. The molecule has 108 valence electrons. The standard InChI is InChI=1S/C15H26N2O2/c1-5-19-11-10-17(3)12-15(16-2)13-6-8-14(18-4)9-7-13/h6-9,15-16H,5,10-12H2,1-4H3. The SMILES string of the molecule is CCOCCN(C)CC(NC)c1ccc(OC)cc1. The van der Waals surface area contributed by atoms with E-state index in [-0.39, 0.29) is 0 Å². The summed E-state index contributed by atoms with van der Waals surface area (Å²) in [4.78, 5) is 2.28. The van der Waals surface area contributed by atoms with E-state index in [2.05, 4.69) is 29.4 Å². The highest BCUT2D eigenvalue weighted by atomic mass is 16.5. The van der Waals surface area contributed by atoms with Crippen LogP contribution >= 0.6 is 0 Å². The summed E-state index contributed by atoms with van der Waals surface area (Å²) >= 11 is 0. The number of rotatable bonds is 9. The zero-order valence-corrected chi connectivity index (χ0v) is 12.5. The van der Waals surface area contributed by atoms with Gasteiger partial charge in [-0.3, -0.25) is 0 Å². The van der Waals surface area contributed by atoms with Crippen molar-refractivity contribution in [3.05, 3.63) is 29.8 Å². The third kappa shape index (κ3) is 5.59. The number of hydrogen-bond donors (Lipinski definition) is 1. The molecular formula is C15H26N2O2. The van der Waals surface area contributed by atoms with Crippen LogP contribution in [0.1, 0.15) is 18.5 Å². The monoisotopic (exact) mass is 266 g/mol. The van der Waals surface area contributed by atoms with E-state index in [1.807, 2.05) is 26.1 Å². The van der Waals surface area contributed by atoms with E-state index in [1.165, 1.54) is 5.56 Å². The first-order chi connectivity index (χ1) is 9.21. The summed E-state index contributed by atoms with van der Waals surface area (Å²) in [5, 5.41) is 3.35. The number of methoxy groups -OCH3 is 1. The second-order valence-corrected chi connectivity index (χ2v) is 4.57. The van der Waals surface area contributed by atoms with Crippen LogP contribution in [-0.4, -0.2) is 52.4 Å². The summed E-state index contributed by atoms with van der Waals surface area (Å²) in [5.41, 5.74) is 1.27. The van der Waals surface area contributed by atoms with Crippen molar-refractivity contribution >= 4 is 0 Å². The van der Waals surface area contributed by atoms with Crippen molar-refractivity contribution in [1.29, 1.82) is 0 Å². The first-order valence-electron chi connectivity index (χ1n) is 6.78. The maximum Gasteiger partial charge on any atom is 0.118 e. The maximum atomic E-state index is 5.38. The average molecular weight is 266 g/mol. The van der Waals surface area contributed by atoms with Gasteiger partial charge in [0.1, 0.15) is 5.75 Å². The topological polar surface area (TPSA) is 33.7 Å². The van der Waals surface area contributed by atoms with E-state index >= 15 is 0 Å². The van der Waals surface area contributed by atoms with Crippen LogP contribution in [0.15, 0.2) is 24.3 Å². The zero-order chi connectivity index (χ0) is 14.1. The van der Waals surface area contributed by atoms with E-state index in [4.69, 9.17) is 9.47 Å². The molecule has 0 saturated carbocycles. The fourth-order valence-corrected chi connectivity index (χ4v) is 1.97. The predicted octanol–water partition coefficient (Wildman–Crippen LogP) is 1.92.